The average Bonchev–Trinajstić information content (AvgIpc) is 3.17. The van der Waals surface area contributed by atoms with E-state index in [1.165, 1.54) is 30.3 Å². The van der Waals surface area contributed by atoms with Crippen LogP contribution >= 0.6 is 0 Å². The van der Waals surface area contributed by atoms with Crippen molar-refractivity contribution in [2.75, 3.05) is 5.32 Å². The van der Waals surface area contributed by atoms with Crippen molar-refractivity contribution in [2.24, 2.45) is 0 Å². The minimum absolute atomic E-state index is 0.00129. The van der Waals surface area contributed by atoms with E-state index in [9.17, 15) is 19.1 Å². The van der Waals surface area contributed by atoms with Gasteiger partial charge in [-0.2, -0.15) is 0 Å². The Morgan fingerprint density at radius 2 is 1.77 bits per heavy atom. The van der Waals surface area contributed by atoms with Crippen LogP contribution in [0.5, 0.6) is 11.5 Å². The Labute approximate surface area is 175 Å². The maximum atomic E-state index is 14.1. The molecule has 0 unspecified atom stereocenters. The molecule has 2 N–H and O–H groups in total. The largest absolute Gasteiger partial charge is 0.508 e. The summed E-state index contributed by atoms with van der Waals surface area (Å²) in [6.45, 7) is 0. The van der Waals surface area contributed by atoms with Gasteiger partial charge in [0.2, 0.25) is 0 Å². The number of nitrogens with one attached hydrogen (secondary N) is 1. The lowest BCUT2D eigenvalue weighted by atomic mass is 9.88. The second-order valence-corrected chi connectivity index (χ2v) is 7.21. The van der Waals surface area contributed by atoms with Gasteiger partial charge in [0, 0.05) is 0 Å². The van der Waals surface area contributed by atoms with E-state index in [2.05, 4.69) is 5.32 Å². The van der Waals surface area contributed by atoms with Crippen LogP contribution in [-0.2, 0) is 4.79 Å². The maximum absolute atomic E-state index is 14.1. The first-order valence-corrected chi connectivity index (χ1v) is 9.59. The molecule has 0 aliphatic carbocycles. The molecular weight excluding hydrogens is 401 g/mol. The Morgan fingerprint density at radius 1 is 1.00 bits per heavy atom. The van der Waals surface area contributed by atoms with Crippen molar-refractivity contribution in [1.82, 2.24) is 0 Å². The minimum Gasteiger partial charge on any atom is -0.508 e. The molecule has 0 fully saturated rings. The van der Waals surface area contributed by atoms with E-state index in [0.29, 0.717) is 16.5 Å². The molecular formula is C24H16FNO5. The molecule has 1 amide bonds. The zero-order valence-corrected chi connectivity index (χ0v) is 16.0. The number of phenolic OH excluding ortho intramolecular Hbond substituents is 1. The van der Waals surface area contributed by atoms with Gasteiger partial charge in [-0.3, -0.25) is 4.79 Å². The molecule has 1 aliphatic heterocycles. The highest BCUT2D eigenvalue weighted by Crippen LogP contribution is 2.45. The number of benzene rings is 3. The van der Waals surface area contributed by atoms with Crippen LogP contribution in [0, 0.1) is 5.82 Å². The van der Waals surface area contributed by atoms with E-state index in [4.69, 9.17) is 9.15 Å². The van der Waals surface area contributed by atoms with Crippen LogP contribution in [0.1, 0.15) is 17.0 Å². The third-order valence-electron chi connectivity index (χ3n) is 5.28. The van der Waals surface area contributed by atoms with Crippen molar-refractivity contribution in [1.29, 1.82) is 0 Å². The predicted octanol–water partition coefficient (Wildman–Crippen LogP) is 4.17. The molecule has 31 heavy (non-hydrogen) atoms. The van der Waals surface area contributed by atoms with Gasteiger partial charge in [-0.15, -0.1) is 0 Å². The maximum Gasteiger partial charge on any atom is 0.344 e. The second-order valence-electron chi connectivity index (χ2n) is 7.21. The molecule has 0 spiro atoms. The van der Waals surface area contributed by atoms with Crippen LogP contribution in [-0.4, -0.2) is 17.1 Å². The lowest BCUT2D eigenvalue weighted by Crippen LogP contribution is -2.35. The number of rotatable bonds is 3. The van der Waals surface area contributed by atoms with Gasteiger partial charge in [0.15, 0.2) is 6.10 Å². The molecule has 1 aliphatic rings. The van der Waals surface area contributed by atoms with E-state index in [-0.39, 0.29) is 22.7 Å². The molecule has 0 saturated carbocycles. The number of hydrogen-bond acceptors (Lipinski definition) is 5. The molecule has 0 bridgehead atoms. The Balaban J connectivity index is 1.66. The fourth-order valence-corrected chi connectivity index (χ4v) is 3.91. The Kier molecular flexibility index (Phi) is 4.43. The van der Waals surface area contributed by atoms with E-state index in [1.54, 1.807) is 42.5 Å². The summed E-state index contributed by atoms with van der Waals surface area (Å²) in [5.74, 6) is -1.85. The second kappa shape index (κ2) is 7.28. The van der Waals surface area contributed by atoms with E-state index < -0.39 is 29.4 Å². The molecule has 3 aromatic carbocycles. The first kappa shape index (κ1) is 18.9. The first-order chi connectivity index (χ1) is 15.0. The van der Waals surface area contributed by atoms with Crippen LogP contribution in [0.2, 0.25) is 0 Å². The zero-order chi connectivity index (χ0) is 21.5. The molecule has 0 saturated heterocycles. The summed E-state index contributed by atoms with van der Waals surface area (Å²) in [6.07, 6.45) is -1.18. The summed E-state index contributed by atoms with van der Waals surface area (Å²) in [6, 6.07) is 18.9. The molecule has 2 heterocycles. The predicted molar refractivity (Wildman–Crippen MR) is 112 cm³/mol. The topological polar surface area (TPSA) is 88.8 Å². The normalized spacial score (nSPS) is 17.2. The summed E-state index contributed by atoms with van der Waals surface area (Å²) < 4.78 is 25.6. The Morgan fingerprint density at radius 3 is 2.58 bits per heavy atom. The number of para-hydroxylation sites is 2. The molecule has 7 heteroatoms. The summed E-state index contributed by atoms with van der Waals surface area (Å²) >= 11 is 0. The van der Waals surface area contributed by atoms with Crippen molar-refractivity contribution >= 4 is 22.6 Å². The van der Waals surface area contributed by atoms with Crippen LogP contribution in [0.25, 0.3) is 11.0 Å². The lowest BCUT2D eigenvalue weighted by Gasteiger charge is -2.19. The number of amides is 1. The molecule has 4 aromatic rings. The fourth-order valence-electron chi connectivity index (χ4n) is 3.91. The first-order valence-electron chi connectivity index (χ1n) is 9.59. The van der Waals surface area contributed by atoms with Crippen LogP contribution < -0.4 is 15.7 Å². The summed E-state index contributed by atoms with van der Waals surface area (Å²) in [5, 5.41) is 13.0. The van der Waals surface area contributed by atoms with E-state index in [0.717, 1.165) is 0 Å². The smallest absolute Gasteiger partial charge is 0.344 e. The number of anilines is 1. The van der Waals surface area contributed by atoms with Gasteiger partial charge >= 0.3 is 5.63 Å². The molecule has 154 valence electrons. The molecule has 2 atom stereocenters. The van der Waals surface area contributed by atoms with E-state index in [1.807, 2.05) is 0 Å². The number of phenols is 1. The monoisotopic (exact) mass is 417 g/mol. The van der Waals surface area contributed by atoms with Crippen molar-refractivity contribution in [3.63, 3.8) is 0 Å². The number of hydrogen-bond donors (Lipinski definition) is 2. The van der Waals surface area contributed by atoms with Crippen LogP contribution in [0.4, 0.5) is 10.1 Å². The lowest BCUT2D eigenvalue weighted by molar-refractivity contribution is -0.122. The number of carbonyl (C=O) groups excluding carboxylic acids is 1. The number of aromatic hydroxyl groups is 1. The summed E-state index contributed by atoms with van der Waals surface area (Å²) in [4.78, 5) is 26.0. The van der Waals surface area contributed by atoms with Gasteiger partial charge in [-0.1, -0.05) is 36.4 Å². The highest BCUT2D eigenvalue weighted by Gasteiger charge is 2.44. The summed E-state index contributed by atoms with van der Waals surface area (Å²) in [7, 11) is 0. The van der Waals surface area contributed by atoms with Gasteiger partial charge in [0.1, 0.15) is 22.9 Å². The van der Waals surface area contributed by atoms with Gasteiger partial charge in [0.25, 0.3) is 5.91 Å². The van der Waals surface area contributed by atoms with E-state index >= 15 is 0 Å². The van der Waals surface area contributed by atoms with Crippen LogP contribution in [0.15, 0.2) is 82.0 Å². The van der Waals surface area contributed by atoms with Gasteiger partial charge in [0.05, 0.1) is 22.6 Å². The quantitative estimate of drug-likeness (QED) is 0.489. The number of fused-ring (bicyclic) bond motifs is 3. The highest BCUT2D eigenvalue weighted by atomic mass is 19.1. The van der Waals surface area contributed by atoms with Crippen molar-refractivity contribution in [3.8, 4) is 11.5 Å². The van der Waals surface area contributed by atoms with Gasteiger partial charge in [-0.05, 0) is 42.0 Å². The molecule has 5 rings (SSSR count). The third kappa shape index (κ3) is 3.20. The fraction of sp³-hybridized carbons (Fsp3) is 0.0833. The number of ether oxygens (including phenoxy) is 1. The summed E-state index contributed by atoms with van der Waals surface area (Å²) in [5.41, 5.74) is 0.367. The Bertz CT molecular complexity index is 1380. The zero-order valence-electron chi connectivity index (χ0n) is 16.0. The molecule has 6 nitrogen and oxygen atoms in total. The van der Waals surface area contributed by atoms with Crippen LogP contribution in [0.3, 0.4) is 0 Å². The molecule has 1 aromatic heterocycles. The number of carbonyl (C=O) groups is 1. The van der Waals surface area contributed by atoms with Crippen molar-refractivity contribution in [2.45, 2.75) is 12.0 Å². The minimum atomic E-state index is -1.18. The Hall–Kier alpha value is -4.13. The van der Waals surface area contributed by atoms with Crippen molar-refractivity contribution in [3.05, 3.63) is 100 Å². The SMILES string of the molecule is O=C(Nc1ccccc1F)[C@H]1Oc2c(c(=O)oc3ccccc23)[C@@H]1c1cccc(O)c1. The average molecular weight is 417 g/mol. The highest BCUT2D eigenvalue weighted by molar-refractivity contribution is 5.97. The number of halogens is 1. The molecule has 0 radical (unpaired) electrons. The standard InChI is InChI=1S/C24H16FNO5/c25-16-9-2-3-10-17(16)26-23(28)22-19(13-6-5-7-14(27)12-13)20-21(31-22)15-8-1-4-11-18(15)30-24(20)29/h1-12,19,22,27H,(H,26,28)/t19-,22-/m0/s1. The van der Waals surface area contributed by atoms with Gasteiger partial charge < -0.3 is 19.6 Å². The third-order valence-corrected chi connectivity index (χ3v) is 5.28. The van der Waals surface area contributed by atoms with Crippen molar-refractivity contribution < 1.29 is 23.4 Å². The van der Waals surface area contributed by atoms with Gasteiger partial charge in [-0.25, -0.2) is 9.18 Å².